The predicted octanol–water partition coefficient (Wildman–Crippen LogP) is 4.73. The molecule has 0 radical (unpaired) electrons. The molecule has 1 aliphatic carbocycles. The number of amides is 1. The van der Waals surface area contributed by atoms with Crippen LogP contribution in [0.5, 0.6) is 17.2 Å². The van der Waals surface area contributed by atoms with Gasteiger partial charge in [0.1, 0.15) is 29.7 Å². The van der Waals surface area contributed by atoms with Gasteiger partial charge in [0, 0.05) is 81.1 Å². The number of pyridine rings is 1. The summed E-state index contributed by atoms with van der Waals surface area (Å²) in [6, 6.07) is 5.97. The summed E-state index contributed by atoms with van der Waals surface area (Å²) in [5.41, 5.74) is 2.60. The molecule has 5 aliphatic rings. The van der Waals surface area contributed by atoms with Gasteiger partial charge in [-0.25, -0.2) is 22.8 Å². The molecule has 1 saturated carbocycles. The van der Waals surface area contributed by atoms with Gasteiger partial charge in [-0.3, -0.25) is 14.7 Å². The Morgan fingerprint density at radius 3 is 2.58 bits per heavy atom. The van der Waals surface area contributed by atoms with Crippen LogP contribution in [0.4, 0.5) is 10.2 Å². The number of hydrogen-bond acceptors (Lipinski definition) is 11. The number of benzene rings is 1. The van der Waals surface area contributed by atoms with Crippen LogP contribution in [-0.2, 0) is 22.8 Å². The Labute approximate surface area is 311 Å². The van der Waals surface area contributed by atoms with E-state index in [1.807, 2.05) is 33.0 Å². The van der Waals surface area contributed by atoms with Crippen LogP contribution in [0.15, 0.2) is 43.0 Å². The van der Waals surface area contributed by atoms with Crippen molar-refractivity contribution in [3.8, 4) is 17.2 Å². The first-order valence-corrected chi connectivity index (χ1v) is 20.8. The molecule has 8 rings (SSSR count). The molecule has 284 valence electrons. The van der Waals surface area contributed by atoms with E-state index in [4.69, 9.17) is 9.47 Å². The van der Waals surface area contributed by atoms with E-state index in [1.165, 1.54) is 30.1 Å². The quantitative estimate of drug-likeness (QED) is 0.256. The molecule has 3 aromatic rings. The van der Waals surface area contributed by atoms with Crippen LogP contribution in [0, 0.1) is 11.2 Å². The normalized spacial score (nSPS) is 21.6. The minimum atomic E-state index is -2.92. The summed E-state index contributed by atoms with van der Waals surface area (Å²) in [6.45, 7) is 12.9. The minimum Gasteiger partial charge on any atom is -0.490 e. The lowest BCUT2D eigenvalue weighted by atomic mass is 9.61. The number of rotatable bonds is 12. The highest BCUT2D eigenvalue weighted by atomic mass is 32.2. The van der Waals surface area contributed by atoms with Gasteiger partial charge in [-0.2, -0.15) is 0 Å². The molecule has 12 nitrogen and oxygen atoms in total. The minimum absolute atomic E-state index is 0.0486. The second-order valence-electron chi connectivity index (χ2n) is 16.1. The summed E-state index contributed by atoms with van der Waals surface area (Å²) < 4.78 is 51.7. The maximum Gasteiger partial charge on any atom is 0.257 e. The number of carbonyl (C=O) groups is 1. The fraction of sp³-hybridized carbons (Fsp3) is 0.590. The van der Waals surface area contributed by atoms with E-state index in [1.54, 1.807) is 11.1 Å². The zero-order valence-electron chi connectivity index (χ0n) is 31.0. The summed E-state index contributed by atoms with van der Waals surface area (Å²) >= 11 is 0. The number of sulfone groups is 1. The van der Waals surface area contributed by atoms with Gasteiger partial charge >= 0.3 is 0 Å². The van der Waals surface area contributed by atoms with Gasteiger partial charge in [-0.1, -0.05) is 0 Å². The van der Waals surface area contributed by atoms with Gasteiger partial charge in [0.05, 0.1) is 22.3 Å². The van der Waals surface area contributed by atoms with E-state index in [0.717, 1.165) is 89.2 Å². The molecule has 4 aliphatic heterocycles. The summed E-state index contributed by atoms with van der Waals surface area (Å²) in [4.78, 5) is 35.4. The molecular weight excluding hydrogens is 698 g/mol. The highest BCUT2D eigenvalue weighted by Gasteiger charge is 2.56. The molecule has 0 bridgehead atoms. The van der Waals surface area contributed by atoms with Gasteiger partial charge in [-0.05, 0) is 90.2 Å². The Bertz CT molecular complexity index is 1960. The molecule has 0 atom stereocenters. The molecule has 2 aromatic heterocycles. The van der Waals surface area contributed by atoms with E-state index in [-0.39, 0.29) is 34.8 Å². The Hall–Kier alpha value is -3.88. The standard InChI is InChI=1S/C39H50FN7O5S/c1-4-47(27(2)3)37(48)30-17-28(40)7-8-33(30)52-35-20-41-26-43-36(35)46-22-38(23-46)18-29(19-38)51-34-9-12-42-32-10-15-44(21-31(32)34)13-6-14-45-24-39(25-45)11-5-16-53(39,49)50/h7-9,12,17,20,26-27,29H,4-6,10-11,13-16,18-19,21-25H2,1-3H3. The van der Waals surface area contributed by atoms with Crippen molar-refractivity contribution >= 4 is 21.6 Å². The maximum absolute atomic E-state index is 14.3. The number of likely N-dealkylation sites (tertiary alicyclic amines) is 1. The Morgan fingerprint density at radius 2 is 1.85 bits per heavy atom. The third kappa shape index (κ3) is 6.86. The zero-order chi connectivity index (χ0) is 37.0. The Kier molecular flexibility index (Phi) is 9.59. The molecule has 0 unspecified atom stereocenters. The second-order valence-corrected chi connectivity index (χ2v) is 18.6. The smallest absolute Gasteiger partial charge is 0.257 e. The lowest BCUT2D eigenvalue weighted by Gasteiger charge is -2.59. The van der Waals surface area contributed by atoms with Crippen LogP contribution in [0.2, 0.25) is 0 Å². The number of ether oxygens (including phenoxy) is 2. The number of fused-ring (bicyclic) bond motifs is 1. The first-order chi connectivity index (χ1) is 25.5. The highest BCUT2D eigenvalue weighted by Crippen LogP contribution is 2.52. The van der Waals surface area contributed by atoms with Crippen LogP contribution in [0.25, 0.3) is 0 Å². The summed E-state index contributed by atoms with van der Waals surface area (Å²) in [7, 11) is -2.92. The number of halogens is 1. The van der Waals surface area contributed by atoms with Crippen molar-refractivity contribution in [1.82, 2.24) is 29.7 Å². The molecule has 53 heavy (non-hydrogen) atoms. The lowest BCUT2D eigenvalue weighted by Crippen LogP contribution is -2.65. The molecule has 1 aromatic carbocycles. The van der Waals surface area contributed by atoms with Gasteiger partial charge in [0.2, 0.25) is 0 Å². The average Bonchev–Trinajstić information content (AvgIpc) is 3.40. The highest BCUT2D eigenvalue weighted by molar-refractivity contribution is 7.93. The second kappa shape index (κ2) is 14.1. The molecule has 2 spiro atoms. The van der Waals surface area contributed by atoms with Crippen molar-refractivity contribution in [3.05, 3.63) is 65.6 Å². The third-order valence-electron chi connectivity index (χ3n) is 12.1. The number of carbonyl (C=O) groups excluding carboxylic acids is 1. The number of hydrogen-bond donors (Lipinski definition) is 0. The predicted molar refractivity (Wildman–Crippen MR) is 199 cm³/mol. The Morgan fingerprint density at radius 1 is 1.06 bits per heavy atom. The van der Waals surface area contributed by atoms with E-state index >= 15 is 0 Å². The molecule has 0 N–H and O–H groups in total. The van der Waals surface area contributed by atoms with Crippen LogP contribution >= 0.6 is 0 Å². The van der Waals surface area contributed by atoms with Crippen molar-refractivity contribution in [2.24, 2.45) is 5.41 Å². The lowest BCUT2D eigenvalue weighted by molar-refractivity contribution is -0.0352. The monoisotopic (exact) mass is 747 g/mol. The van der Waals surface area contributed by atoms with Gasteiger partial charge in [0.25, 0.3) is 5.91 Å². The topological polar surface area (TPSA) is 121 Å². The van der Waals surface area contributed by atoms with Crippen LogP contribution in [-0.4, -0.2) is 119 Å². The van der Waals surface area contributed by atoms with E-state index in [0.29, 0.717) is 37.0 Å². The SMILES string of the molecule is CCN(C(=O)c1cc(F)ccc1Oc1cncnc1N1CC2(CC(Oc3ccnc4c3CN(CCCN3CC5(CCCS5(=O)=O)C3)CC4)C2)C1)C(C)C. The van der Waals surface area contributed by atoms with Crippen molar-refractivity contribution in [2.45, 2.75) is 82.7 Å². The Balaban J connectivity index is 0.844. The summed E-state index contributed by atoms with van der Waals surface area (Å²) in [6.07, 6.45) is 10.5. The number of aromatic nitrogens is 3. The first kappa shape index (κ1) is 36.1. The van der Waals surface area contributed by atoms with Crippen LogP contribution in [0.3, 0.4) is 0 Å². The van der Waals surface area contributed by atoms with E-state index < -0.39 is 20.4 Å². The van der Waals surface area contributed by atoms with Crippen molar-refractivity contribution in [1.29, 1.82) is 0 Å². The van der Waals surface area contributed by atoms with Crippen molar-refractivity contribution in [3.63, 3.8) is 0 Å². The average molecular weight is 748 g/mol. The molecule has 3 saturated heterocycles. The van der Waals surface area contributed by atoms with E-state index in [9.17, 15) is 17.6 Å². The number of anilines is 1. The van der Waals surface area contributed by atoms with Crippen molar-refractivity contribution in [2.75, 3.05) is 63.0 Å². The molecule has 6 heterocycles. The van der Waals surface area contributed by atoms with Gasteiger partial charge in [-0.15, -0.1) is 0 Å². The third-order valence-corrected chi connectivity index (χ3v) is 14.7. The largest absolute Gasteiger partial charge is 0.490 e. The fourth-order valence-electron chi connectivity index (χ4n) is 9.26. The van der Waals surface area contributed by atoms with Gasteiger partial charge in [0.15, 0.2) is 21.4 Å². The summed E-state index contributed by atoms with van der Waals surface area (Å²) in [5.74, 6) is 1.83. The molecule has 4 fully saturated rings. The van der Waals surface area contributed by atoms with Gasteiger partial charge < -0.3 is 24.2 Å². The van der Waals surface area contributed by atoms with Crippen LogP contribution < -0.4 is 14.4 Å². The maximum atomic E-state index is 14.3. The molecule has 14 heteroatoms. The molecular formula is C39H50FN7O5S. The zero-order valence-corrected chi connectivity index (χ0v) is 31.8. The van der Waals surface area contributed by atoms with Crippen LogP contribution in [0.1, 0.15) is 74.5 Å². The van der Waals surface area contributed by atoms with Crippen molar-refractivity contribution < 1.29 is 27.1 Å². The molecule has 1 amide bonds. The van der Waals surface area contributed by atoms with E-state index in [2.05, 4.69) is 29.7 Å². The summed E-state index contributed by atoms with van der Waals surface area (Å²) in [5, 5.41) is 0. The first-order valence-electron chi connectivity index (χ1n) is 19.1. The fourth-order valence-corrected chi connectivity index (χ4v) is 11.4. The number of nitrogens with zero attached hydrogens (tertiary/aromatic N) is 7.